The maximum Gasteiger partial charge on any atom is 1.00 e. The van der Waals surface area contributed by atoms with Gasteiger partial charge in [-0.15, -0.1) is 5.11 Å². The van der Waals surface area contributed by atoms with E-state index in [1.807, 2.05) is 0 Å². The summed E-state index contributed by atoms with van der Waals surface area (Å²) in [5, 5.41) is 42.9. The molecule has 0 fully saturated rings. The fourth-order valence-corrected chi connectivity index (χ4v) is 7.09. The number of hydrogen-bond acceptors (Lipinski definition) is 16. The molecule has 0 aliphatic heterocycles. The van der Waals surface area contributed by atoms with Gasteiger partial charge >= 0.3 is 94.7 Å². The molecular formula is C35H25N6Na3O12S3. The standard InChI is InChI=1S/C35H28N6O12S3.3Na/c1-18-12-30(19(2)11-29(18)39-38-22-3-7-25(8-4-22)54(45,46)47)40-41-33-32(56(51,52)53)16-21-14-24(6-10-28(21)34(33)43)37-35(44)36-23-5-9-27-20(13-23)15-26(17-31(27)42)55(48,49)50;;;/h3-17,42-43H,1-2H3,(H2,36,37,44)(H,45,46,47)(H,48,49,50)(H,51,52,53);;;/q;3*+1/p-3. The first kappa shape index (κ1) is 50.0. The van der Waals surface area contributed by atoms with Crippen LogP contribution in [0.15, 0.2) is 126 Å². The van der Waals surface area contributed by atoms with Gasteiger partial charge in [0.2, 0.25) is 0 Å². The zero-order valence-corrected chi connectivity index (χ0v) is 40.1. The van der Waals surface area contributed by atoms with Crippen LogP contribution in [0.4, 0.5) is 38.9 Å². The SMILES string of the molecule is Cc1cc(N=Nc2c(S(=O)(=O)[O-])cc3cc(NC(=O)Nc4ccc5c(O)cc(S(=O)(=O)[O-])cc5c4)ccc3c2O)c(C)cc1N=Nc1ccc(S(=O)(=O)[O-])cc1.[Na+].[Na+].[Na+]. The quantitative estimate of drug-likeness (QED) is 0.0712. The van der Waals surface area contributed by atoms with Crippen molar-refractivity contribution >= 4 is 92.1 Å². The first-order valence-corrected chi connectivity index (χ1v) is 20.0. The number of carbonyl (C=O) groups is 1. The van der Waals surface area contributed by atoms with E-state index in [4.69, 9.17) is 0 Å². The van der Waals surface area contributed by atoms with Gasteiger partial charge in [0.25, 0.3) is 0 Å². The number of carbonyl (C=O) groups excluding carboxylic acids is 1. The van der Waals surface area contributed by atoms with Crippen LogP contribution in [0.2, 0.25) is 0 Å². The van der Waals surface area contributed by atoms with Crippen molar-refractivity contribution in [2.45, 2.75) is 28.5 Å². The molecule has 0 saturated heterocycles. The van der Waals surface area contributed by atoms with E-state index in [-0.39, 0.29) is 133 Å². The molecule has 6 aromatic rings. The second-order valence-corrected chi connectivity index (χ2v) is 16.3. The Bertz CT molecular complexity index is 3030. The molecule has 0 radical (unpaired) electrons. The van der Waals surface area contributed by atoms with Crippen molar-refractivity contribution in [2.24, 2.45) is 20.5 Å². The number of hydrogen-bond donors (Lipinski definition) is 4. The summed E-state index contributed by atoms with van der Waals surface area (Å²) in [6, 6.07) is 18.1. The predicted molar refractivity (Wildman–Crippen MR) is 198 cm³/mol. The molecule has 59 heavy (non-hydrogen) atoms. The molecule has 0 aliphatic carbocycles. The van der Waals surface area contributed by atoms with Crippen molar-refractivity contribution in [3.8, 4) is 11.5 Å². The second-order valence-electron chi connectivity index (χ2n) is 12.1. The summed E-state index contributed by atoms with van der Waals surface area (Å²) in [5.41, 5.74) is 1.54. The molecule has 0 saturated carbocycles. The van der Waals surface area contributed by atoms with Gasteiger partial charge in [0.15, 0.2) is 5.75 Å². The van der Waals surface area contributed by atoms with Crippen LogP contribution in [0.25, 0.3) is 21.5 Å². The number of aromatic hydroxyl groups is 2. The number of aryl methyl sites for hydroxylation is 2. The Morgan fingerprint density at radius 1 is 0.559 bits per heavy atom. The maximum atomic E-state index is 12.9. The molecule has 18 nitrogen and oxygen atoms in total. The third kappa shape index (κ3) is 11.9. The average Bonchev–Trinajstić information content (AvgIpc) is 3.10. The van der Waals surface area contributed by atoms with Gasteiger partial charge in [0, 0.05) is 22.1 Å². The second kappa shape index (κ2) is 19.6. The summed E-state index contributed by atoms with van der Waals surface area (Å²) in [5.74, 6) is -1.14. The number of rotatable bonds is 9. The van der Waals surface area contributed by atoms with Crippen LogP contribution in [0.3, 0.4) is 0 Å². The van der Waals surface area contributed by atoms with E-state index in [0.29, 0.717) is 16.8 Å². The first-order valence-electron chi connectivity index (χ1n) is 15.7. The van der Waals surface area contributed by atoms with Gasteiger partial charge < -0.3 is 34.5 Å². The van der Waals surface area contributed by atoms with Crippen molar-refractivity contribution < 1.29 is 143 Å². The Balaban J connectivity index is 0.00000310. The van der Waals surface area contributed by atoms with Gasteiger partial charge in [-0.3, -0.25) is 0 Å². The number of nitrogens with one attached hydrogen (secondary N) is 2. The number of fused-ring (bicyclic) bond motifs is 2. The van der Waals surface area contributed by atoms with Crippen molar-refractivity contribution in [1.82, 2.24) is 0 Å². The van der Waals surface area contributed by atoms with E-state index in [0.717, 1.165) is 30.3 Å². The van der Waals surface area contributed by atoms with Crippen LogP contribution in [0.5, 0.6) is 11.5 Å². The molecule has 0 spiro atoms. The van der Waals surface area contributed by atoms with Gasteiger partial charge in [-0.25, -0.2) is 30.0 Å². The number of phenols is 2. The van der Waals surface area contributed by atoms with Gasteiger partial charge in [0.05, 0.1) is 31.7 Å². The molecule has 6 aromatic carbocycles. The molecule has 24 heteroatoms. The first-order chi connectivity index (χ1) is 26.2. The van der Waals surface area contributed by atoms with Crippen LogP contribution in [-0.4, -0.2) is 55.2 Å². The molecule has 6 rings (SSSR count). The van der Waals surface area contributed by atoms with Crippen LogP contribution >= 0.6 is 0 Å². The summed E-state index contributed by atoms with van der Waals surface area (Å²) in [6.45, 7) is 3.31. The number of phenolic OH excluding ortho intramolecular Hbond substituents is 2. The van der Waals surface area contributed by atoms with Crippen molar-refractivity contribution in [2.75, 3.05) is 10.6 Å². The number of nitrogens with zero attached hydrogens (tertiary/aromatic N) is 4. The smallest absolute Gasteiger partial charge is 0.744 e. The molecule has 0 aliphatic rings. The minimum atomic E-state index is -5.25. The largest absolute Gasteiger partial charge is 1.00 e. The van der Waals surface area contributed by atoms with E-state index >= 15 is 0 Å². The summed E-state index contributed by atoms with van der Waals surface area (Å²) in [7, 11) is -14.8. The van der Waals surface area contributed by atoms with Crippen molar-refractivity contribution in [3.05, 3.63) is 102 Å². The number of benzene rings is 6. The van der Waals surface area contributed by atoms with Gasteiger partial charge in [-0.1, -0.05) is 0 Å². The fourth-order valence-electron chi connectivity index (χ4n) is 5.45. The zero-order chi connectivity index (χ0) is 40.7. The fraction of sp³-hybridized carbons (Fsp3) is 0.0571. The molecular weight excluding hydrogens is 862 g/mol. The van der Waals surface area contributed by atoms with E-state index in [1.165, 1.54) is 48.5 Å². The molecule has 0 aromatic heterocycles. The van der Waals surface area contributed by atoms with Crippen LogP contribution in [0.1, 0.15) is 11.1 Å². The normalized spacial score (nSPS) is 11.9. The van der Waals surface area contributed by atoms with E-state index < -0.39 is 68.3 Å². The van der Waals surface area contributed by atoms with E-state index in [9.17, 15) is 53.9 Å². The monoisotopic (exact) mass is 886 g/mol. The number of urea groups is 1. The number of amides is 2. The minimum Gasteiger partial charge on any atom is -0.744 e. The predicted octanol–water partition coefficient (Wildman–Crippen LogP) is -1.78. The topological polar surface area (TPSA) is 303 Å². The summed E-state index contributed by atoms with van der Waals surface area (Å²) < 4.78 is 105. The number of azo groups is 2. The molecule has 0 heterocycles. The Morgan fingerprint density at radius 3 is 1.56 bits per heavy atom. The Kier molecular flexibility index (Phi) is 16.6. The molecule has 4 N–H and O–H groups in total. The summed E-state index contributed by atoms with van der Waals surface area (Å²) in [6.07, 6.45) is 0. The summed E-state index contributed by atoms with van der Waals surface area (Å²) >= 11 is 0. The van der Waals surface area contributed by atoms with E-state index in [2.05, 4.69) is 31.1 Å². The van der Waals surface area contributed by atoms with Gasteiger partial charge in [-0.2, -0.15) is 15.3 Å². The van der Waals surface area contributed by atoms with Gasteiger partial charge in [-0.05, 0) is 127 Å². The van der Waals surface area contributed by atoms with E-state index in [1.54, 1.807) is 26.0 Å². The average molecular weight is 887 g/mol. The van der Waals surface area contributed by atoms with Gasteiger partial charge in [0.1, 0.15) is 41.8 Å². The zero-order valence-electron chi connectivity index (χ0n) is 31.7. The van der Waals surface area contributed by atoms with Crippen LogP contribution in [-0.2, 0) is 30.4 Å². The summed E-state index contributed by atoms with van der Waals surface area (Å²) in [4.78, 5) is 10.9. The molecule has 0 atom stereocenters. The molecule has 0 unspecified atom stereocenters. The third-order valence-corrected chi connectivity index (χ3v) is 10.7. The molecule has 2 amide bonds. The number of anilines is 2. The minimum absolute atomic E-state index is 0. The molecule has 288 valence electrons. The maximum absolute atomic E-state index is 12.9. The third-order valence-electron chi connectivity index (χ3n) is 8.20. The van der Waals surface area contributed by atoms with Crippen molar-refractivity contribution in [3.63, 3.8) is 0 Å². The van der Waals surface area contributed by atoms with Crippen LogP contribution in [0, 0.1) is 13.8 Å². The van der Waals surface area contributed by atoms with Crippen molar-refractivity contribution in [1.29, 1.82) is 0 Å². The Hall–Kier alpha value is -3.36. The Labute approximate surface area is 403 Å². The molecule has 0 bridgehead atoms. The Morgan fingerprint density at radius 2 is 1.05 bits per heavy atom. The van der Waals surface area contributed by atoms with Crippen LogP contribution < -0.4 is 99.3 Å².